The molecule has 0 aromatic heterocycles. The van der Waals surface area contributed by atoms with Gasteiger partial charge in [-0.05, 0) is 24.3 Å². The lowest BCUT2D eigenvalue weighted by molar-refractivity contribution is 0.220. The molecular weight excluding hydrogens is 210 g/mol. The Kier molecular flexibility index (Phi) is 3.34. The van der Waals surface area contributed by atoms with E-state index in [1.807, 2.05) is 0 Å². The number of anilines is 1. The van der Waals surface area contributed by atoms with Crippen molar-refractivity contribution in [1.82, 2.24) is 4.90 Å². The van der Waals surface area contributed by atoms with Crippen molar-refractivity contribution in [2.45, 2.75) is 0 Å². The van der Waals surface area contributed by atoms with Gasteiger partial charge in [0, 0.05) is 14.1 Å². The Morgan fingerprint density at radius 1 is 1.19 bits per heavy atom. The average molecular weight is 223 g/mol. The van der Waals surface area contributed by atoms with Crippen molar-refractivity contribution in [3.8, 4) is 5.75 Å². The van der Waals surface area contributed by atoms with Gasteiger partial charge in [-0.3, -0.25) is 0 Å². The van der Waals surface area contributed by atoms with Crippen LogP contribution in [0.5, 0.6) is 5.75 Å². The topological polar surface area (TPSA) is 86.9 Å². The maximum absolute atomic E-state index is 11.7. The summed E-state index contributed by atoms with van der Waals surface area (Å²) in [6.07, 6.45) is 0. The fourth-order valence-electron chi connectivity index (χ4n) is 1.13. The highest BCUT2D eigenvalue weighted by atomic mass is 16.3. The smallest absolute Gasteiger partial charge is 0.332 e. The average Bonchev–Trinajstić information content (AvgIpc) is 2.20. The standard InChI is InChI=1S/C10H13N3O3/c1-12(2)10(16)13(9(11)15)7-3-5-8(14)6-4-7/h3-6,14H,1-2H3,(H2,11,15). The van der Waals surface area contributed by atoms with Gasteiger partial charge in [0.15, 0.2) is 0 Å². The molecule has 6 nitrogen and oxygen atoms in total. The van der Waals surface area contributed by atoms with Gasteiger partial charge in [-0.15, -0.1) is 0 Å². The quantitative estimate of drug-likeness (QED) is 0.743. The van der Waals surface area contributed by atoms with E-state index in [0.29, 0.717) is 5.69 Å². The number of rotatable bonds is 1. The van der Waals surface area contributed by atoms with Gasteiger partial charge in [0.1, 0.15) is 5.75 Å². The zero-order chi connectivity index (χ0) is 12.3. The Morgan fingerprint density at radius 3 is 2.06 bits per heavy atom. The molecule has 1 aromatic rings. The van der Waals surface area contributed by atoms with Crippen LogP contribution in [0.1, 0.15) is 0 Å². The lowest BCUT2D eigenvalue weighted by Gasteiger charge is -2.22. The van der Waals surface area contributed by atoms with Gasteiger partial charge in [-0.25, -0.2) is 14.5 Å². The third-order valence-corrected chi connectivity index (χ3v) is 1.90. The molecule has 0 unspecified atom stereocenters. The molecule has 4 amide bonds. The van der Waals surface area contributed by atoms with Crippen molar-refractivity contribution < 1.29 is 14.7 Å². The van der Waals surface area contributed by atoms with Crippen molar-refractivity contribution in [2.24, 2.45) is 5.73 Å². The lowest BCUT2D eigenvalue weighted by atomic mass is 10.3. The van der Waals surface area contributed by atoms with Crippen LogP contribution >= 0.6 is 0 Å². The summed E-state index contributed by atoms with van der Waals surface area (Å²) in [6, 6.07) is 4.19. The molecule has 0 saturated carbocycles. The zero-order valence-electron chi connectivity index (χ0n) is 9.04. The third kappa shape index (κ3) is 2.41. The van der Waals surface area contributed by atoms with E-state index in [2.05, 4.69) is 0 Å². The van der Waals surface area contributed by atoms with Crippen LogP contribution in [0.15, 0.2) is 24.3 Å². The highest BCUT2D eigenvalue weighted by Gasteiger charge is 2.22. The second-order valence-corrected chi connectivity index (χ2v) is 3.37. The first kappa shape index (κ1) is 11.8. The summed E-state index contributed by atoms with van der Waals surface area (Å²) >= 11 is 0. The Hall–Kier alpha value is -2.24. The van der Waals surface area contributed by atoms with Gasteiger partial charge in [0.25, 0.3) is 0 Å². The van der Waals surface area contributed by atoms with Gasteiger partial charge in [-0.2, -0.15) is 0 Å². The van der Waals surface area contributed by atoms with Crippen molar-refractivity contribution in [2.75, 3.05) is 19.0 Å². The summed E-state index contributed by atoms with van der Waals surface area (Å²) in [6.45, 7) is 0. The number of hydrogen-bond donors (Lipinski definition) is 2. The maximum Gasteiger partial charge on any atom is 0.332 e. The van der Waals surface area contributed by atoms with E-state index in [-0.39, 0.29) is 5.75 Å². The van der Waals surface area contributed by atoms with Gasteiger partial charge in [0.2, 0.25) is 0 Å². The van der Waals surface area contributed by atoms with Gasteiger partial charge >= 0.3 is 12.1 Å². The number of amides is 4. The number of primary amides is 1. The molecule has 1 rings (SSSR count). The molecule has 0 saturated heterocycles. The first-order valence-electron chi connectivity index (χ1n) is 4.53. The van der Waals surface area contributed by atoms with Crippen LogP contribution in [0.4, 0.5) is 15.3 Å². The number of carbonyl (C=O) groups excluding carboxylic acids is 2. The molecule has 0 heterocycles. The molecule has 3 N–H and O–H groups in total. The molecule has 1 aromatic carbocycles. The van der Waals surface area contributed by atoms with Gasteiger partial charge in [-0.1, -0.05) is 0 Å². The minimum atomic E-state index is -0.871. The number of carbonyl (C=O) groups is 2. The maximum atomic E-state index is 11.7. The summed E-state index contributed by atoms with van der Waals surface area (Å²) in [4.78, 5) is 24.9. The third-order valence-electron chi connectivity index (χ3n) is 1.90. The van der Waals surface area contributed by atoms with Crippen LogP contribution < -0.4 is 10.6 Å². The fraction of sp³-hybridized carbons (Fsp3) is 0.200. The largest absolute Gasteiger partial charge is 0.508 e. The Balaban J connectivity index is 3.08. The van der Waals surface area contributed by atoms with Crippen molar-refractivity contribution in [3.63, 3.8) is 0 Å². The van der Waals surface area contributed by atoms with Crippen LogP contribution in [0.2, 0.25) is 0 Å². The highest BCUT2D eigenvalue weighted by molar-refractivity contribution is 6.12. The summed E-state index contributed by atoms with van der Waals surface area (Å²) in [5, 5.41) is 9.09. The first-order valence-corrected chi connectivity index (χ1v) is 4.53. The molecule has 0 bridgehead atoms. The minimum Gasteiger partial charge on any atom is -0.508 e. The van der Waals surface area contributed by atoms with E-state index in [4.69, 9.17) is 10.8 Å². The molecule has 16 heavy (non-hydrogen) atoms. The second kappa shape index (κ2) is 4.52. The van der Waals surface area contributed by atoms with Gasteiger partial charge in [0.05, 0.1) is 5.69 Å². The number of urea groups is 2. The summed E-state index contributed by atoms with van der Waals surface area (Å²) < 4.78 is 0. The SMILES string of the molecule is CN(C)C(=O)N(C(N)=O)c1ccc(O)cc1. The van der Waals surface area contributed by atoms with Crippen molar-refractivity contribution in [3.05, 3.63) is 24.3 Å². The summed E-state index contributed by atoms with van der Waals surface area (Å²) in [5.74, 6) is 0.0467. The van der Waals surface area contributed by atoms with E-state index in [1.165, 1.54) is 43.3 Å². The Morgan fingerprint density at radius 2 is 1.69 bits per heavy atom. The van der Waals surface area contributed by atoms with Crippen LogP contribution in [0.25, 0.3) is 0 Å². The van der Waals surface area contributed by atoms with Crippen LogP contribution in [-0.4, -0.2) is 36.2 Å². The van der Waals surface area contributed by atoms with Crippen LogP contribution in [0, 0.1) is 0 Å². The molecule has 86 valence electrons. The Bertz CT molecular complexity index is 400. The number of imide groups is 1. The minimum absolute atomic E-state index is 0.0467. The molecule has 0 aliphatic rings. The van der Waals surface area contributed by atoms with E-state index in [9.17, 15) is 9.59 Å². The number of nitrogens with zero attached hydrogens (tertiary/aromatic N) is 2. The van der Waals surface area contributed by atoms with E-state index < -0.39 is 12.1 Å². The van der Waals surface area contributed by atoms with E-state index in [1.54, 1.807) is 0 Å². The van der Waals surface area contributed by atoms with E-state index in [0.717, 1.165) is 4.90 Å². The Labute approximate surface area is 92.9 Å². The molecule has 0 spiro atoms. The molecule has 0 atom stereocenters. The summed E-state index contributed by atoms with van der Waals surface area (Å²) in [5.41, 5.74) is 5.43. The number of phenolic OH excluding ortho intramolecular Hbond substituents is 1. The highest BCUT2D eigenvalue weighted by Crippen LogP contribution is 2.19. The monoisotopic (exact) mass is 223 g/mol. The normalized spacial score (nSPS) is 9.62. The zero-order valence-corrected chi connectivity index (χ0v) is 9.04. The second-order valence-electron chi connectivity index (χ2n) is 3.37. The number of aromatic hydroxyl groups is 1. The van der Waals surface area contributed by atoms with Crippen LogP contribution in [-0.2, 0) is 0 Å². The molecule has 6 heteroatoms. The molecule has 0 fully saturated rings. The number of benzene rings is 1. The number of hydrogen-bond acceptors (Lipinski definition) is 3. The fourth-order valence-corrected chi connectivity index (χ4v) is 1.13. The predicted octanol–water partition coefficient (Wildman–Crippen LogP) is 0.959. The van der Waals surface area contributed by atoms with E-state index >= 15 is 0 Å². The van der Waals surface area contributed by atoms with Crippen molar-refractivity contribution in [1.29, 1.82) is 0 Å². The predicted molar refractivity (Wildman–Crippen MR) is 59.3 cm³/mol. The van der Waals surface area contributed by atoms with Crippen LogP contribution in [0.3, 0.4) is 0 Å². The molecule has 0 aliphatic carbocycles. The molecular formula is C10H13N3O3. The van der Waals surface area contributed by atoms with Gasteiger partial charge < -0.3 is 15.7 Å². The summed E-state index contributed by atoms with van der Waals surface area (Å²) in [7, 11) is 3.03. The van der Waals surface area contributed by atoms with Crippen molar-refractivity contribution >= 4 is 17.7 Å². The molecule has 0 aliphatic heterocycles. The molecule has 0 radical (unpaired) electrons. The number of phenols is 1. The lowest BCUT2D eigenvalue weighted by Crippen LogP contribution is -2.46. The first-order chi connectivity index (χ1) is 7.43. The number of nitrogens with two attached hydrogens (primary N) is 1.